The quantitative estimate of drug-likeness (QED) is 0.847. The van der Waals surface area contributed by atoms with E-state index in [2.05, 4.69) is 11.4 Å². The van der Waals surface area contributed by atoms with E-state index >= 15 is 0 Å². The van der Waals surface area contributed by atoms with Crippen molar-refractivity contribution >= 4 is 29.0 Å². The number of fused-ring (bicyclic) bond motifs is 1. The number of benzene rings is 2. The Morgan fingerprint density at radius 1 is 1.00 bits per heavy atom. The molecule has 0 bridgehead atoms. The number of para-hydroxylation sites is 1. The average molecular weight is 362 g/mol. The van der Waals surface area contributed by atoms with Crippen LogP contribution in [0.2, 0.25) is 0 Å². The fraction of sp³-hybridized carbons (Fsp3) is 0.318. The molecular formula is C22H22N2O3. The lowest BCUT2D eigenvalue weighted by Crippen LogP contribution is -2.37. The normalized spacial score (nSPS) is 20.6. The maximum atomic E-state index is 12.9. The van der Waals surface area contributed by atoms with Gasteiger partial charge in [-0.2, -0.15) is 0 Å². The van der Waals surface area contributed by atoms with Gasteiger partial charge in [0.1, 0.15) is 0 Å². The van der Waals surface area contributed by atoms with E-state index < -0.39 is 0 Å². The number of Topliss-reactive ketones (excluding diaryl/α,β-unsaturated/α-hetero) is 1. The second-order valence-electron chi connectivity index (χ2n) is 7.29. The fourth-order valence-electron chi connectivity index (χ4n) is 3.74. The first-order valence-electron chi connectivity index (χ1n) is 9.36. The van der Waals surface area contributed by atoms with Crippen molar-refractivity contribution in [3.05, 3.63) is 59.7 Å². The molecule has 0 spiro atoms. The molecule has 0 saturated heterocycles. The van der Waals surface area contributed by atoms with Crippen molar-refractivity contribution in [2.45, 2.75) is 26.2 Å². The molecule has 0 radical (unpaired) electrons. The van der Waals surface area contributed by atoms with Gasteiger partial charge in [-0.25, -0.2) is 0 Å². The summed E-state index contributed by atoms with van der Waals surface area (Å²) in [6, 6.07) is 14.8. The number of hydrogen-bond donors (Lipinski definition) is 1. The highest BCUT2D eigenvalue weighted by molar-refractivity contribution is 6.05. The van der Waals surface area contributed by atoms with Gasteiger partial charge in [0.05, 0.1) is 11.8 Å². The summed E-state index contributed by atoms with van der Waals surface area (Å²) < 4.78 is 0. The van der Waals surface area contributed by atoms with Gasteiger partial charge in [0.25, 0.3) is 0 Å². The second-order valence-corrected chi connectivity index (χ2v) is 7.29. The number of aryl methyl sites for hydroxylation is 1. The molecular weight excluding hydrogens is 340 g/mol. The monoisotopic (exact) mass is 362 g/mol. The zero-order valence-corrected chi connectivity index (χ0v) is 15.3. The van der Waals surface area contributed by atoms with Crippen LogP contribution >= 0.6 is 0 Å². The van der Waals surface area contributed by atoms with Gasteiger partial charge in [0.2, 0.25) is 11.8 Å². The summed E-state index contributed by atoms with van der Waals surface area (Å²) in [5.41, 5.74) is 3.44. The number of carbonyl (C=O) groups excluding carboxylic acids is 3. The molecule has 4 rings (SSSR count). The zero-order chi connectivity index (χ0) is 19.0. The SMILES string of the molecule is CC(=O)c1ccc(NC(=O)C2CC2C(=O)N2CCCc3ccccc32)cc1. The first-order chi connectivity index (χ1) is 13.0. The van der Waals surface area contributed by atoms with E-state index in [1.165, 1.54) is 12.5 Å². The van der Waals surface area contributed by atoms with E-state index in [1.54, 1.807) is 24.3 Å². The third-order valence-electron chi connectivity index (χ3n) is 5.38. The number of nitrogens with zero attached hydrogens (tertiary/aromatic N) is 1. The van der Waals surface area contributed by atoms with Crippen LogP contribution in [-0.4, -0.2) is 24.1 Å². The van der Waals surface area contributed by atoms with E-state index in [9.17, 15) is 14.4 Å². The number of nitrogens with one attached hydrogen (secondary N) is 1. The highest BCUT2D eigenvalue weighted by Gasteiger charge is 2.50. The molecule has 1 saturated carbocycles. The summed E-state index contributed by atoms with van der Waals surface area (Å²) in [6.07, 6.45) is 2.54. The van der Waals surface area contributed by atoms with Crippen LogP contribution in [0.25, 0.3) is 0 Å². The smallest absolute Gasteiger partial charge is 0.230 e. The van der Waals surface area contributed by atoms with Gasteiger partial charge in [-0.15, -0.1) is 0 Å². The van der Waals surface area contributed by atoms with Crippen molar-refractivity contribution in [3.63, 3.8) is 0 Å². The Balaban J connectivity index is 1.40. The number of carbonyl (C=O) groups is 3. The molecule has 1 aliphatic carbocycles. The molecule has 2 aromatic carbocycles. The topological polar surface area (TPSA) is 66.5 Å². The standard InChI is InChI=1S/C22H22N2O3/c1-14(25)15-8-10-17(11-9-15)23-21(26)18-13-19(18)22(27)24-12-4-6-16-5-2-3-7-20(16)24/h2-3,5,7-11,18-19H,4,6,12-13H2,1H3,(H,23,26). The Hall–Kier alpha value is -2.95. The van der Waals surface area contributed by atoms with Crippen LogP contribution in [0.4, 0.5) is 11.4 Å². The predicted octanol–water partition coefficient (Wildman–Crippen LogP) is 3.44. The molecule has 1 fully saturated rings. The van der Waals surface area contributed by atoms with Gasteiger partial charge >= 0.3 is 0 Å². The van der Waals surface area contributed by atoms with E-state index in [4.69, 9.17) is 0 Å². The molecule has 5 heteroatoms. The third kappa shape index (κ3) is 3.50. The molecule has 1 N–H and O–H groups in total. The largest absolute Gasteiger partial charge is 0.326 e. The van der Waals surface area contributed by atoms with Crippen LogP contribution in [0, 0.1) is 11.8 Å². The van der Waals surface area contributed by atoms with Crippen molar-refractivity contribution in [1.29, 1.82) is 0 Å². The molecule has 1 aliphatic heterocycles. The van der Waals surface area contributed by atoms with Gasteiger partial charge in [0, 0.05) is 23.5 Å². The van der Waals surface area contributed by atoms with Crippen molar-refractivity contribution in [2.75, 3.05) is 16.8 Å². The lowest BCUT2D eigenvalue weighted by molar-refractivity contribution is -0.123. The van der Waals surface area contributed by atoms with Gasteiger partial charge < -0.3 is 10.2 Å². The van der Waals surface area contributed by atoms with Gasteiger partial charge in [-0.3, -0.25) is 14.4 Å². The summed E-state index contributed by atoms with van der Waals surface area (Å²) in [7, 11) is 0. The molecule has 1 heterocycles. The van der Waals surface area contributed by atoms with Gasteiger partial charge in [-0.05, 0) is 62.1 Å². The first kappa shape index (κ1) is 17.5. The molecule has 5 nitrogen and oxygen atoms in total. The lowest BCUT2D eigenvalue weighted by atomic mass is 10.0. The Labute approximate surface area is 158 Å². The number of rotatable bonds is 4. The van der Waals surface area contributed by atoms with E-state index in [0.717, 1.165) is 18.5 Å². The minimum atomic E-state index is -0.279. The molecule has 0 aromatic heterocycles. The fourth-order valence-corrected chi connectivity index (χ4v) is 3.74. The zero-order valence-electron chi connectivity index (χ0n) is 15.3. The summed E-state index contributed by atoms with van der Waals surface area (Å²) >= 11 is 0. The van der Waals surface area contributed by atoms with Crippen LogP contribution in [0.1, 0.15) is 35.7 Å². The Morgan fingerprint density at radius 3 is 2.48 bits per heavy atom. The summed E-state index contributed by atoms with van der Waals surface area (Å²) in [5, 5.41) is 2.86. The Bertz CT molecular complexity index is 904. The van der Waals surface area contributed by atoms with Gasteiger partial charge in [-0.1, -0.05) is 18.2 Å². The van der Waals surface area contributed by atoms with E-state index in [1.807, 2.05) is 23.1 Å². The first-order valence-corrected chi connectivity index (χ1v) is 9.36. The van der Waals surface area contributed by atoms with E-state index in [-0.39, 0.29) is 29.4 Å². The molecule has 2 atom stereocenters. The van der Waals surface area contributed by atoms with Crippen LogP contribution < -0.4 is 10.2 Å². The van der Waals surface area contributed by atoms with Crippen LogP contribution in [-0.2, 0) is 16.0 Å². The molecule has 138 valence electrons. The minimum Gasteiger partial charge on any atom is -0.326 e. The second kappa shape index (κ2) is 6.99. The third-order valence-corrected chi connectivity index (χ3v) is 5.38. The highest BCUT2D eigenvalue weighted by atomic mass is 16.2. The van der Waals surface area contributed by atoms with E-state index in [0.29, 0.717) is 24.2 Å². The lowest BCUT2D eigenvalue weighted by Gasteiger charge is -2.29. The molecule has 2 amide bonds. The molecule has 2 aliphatic rings. The number of anilines is 2. The maximum Gasteiger partial charge on any atom is 0.230 e. The maximum absolute atomic E-state index is 12.9. The Morgan fingerprint density at radius 2 is 1.74 bits per heavy atom. The summed E-state index contributed by atoms with van der Waals surface area (Å²) in [6.45, 7) is 2.22. The van der Waals surface area contributed by atoms with Crippen molar-refractivity contribution in [2.24, 2.45) is 11.8 Å². The minimum absolute atomic E-state index is 0.0115. The van der Waals surface area contributed by atoms with Crippen LogP contribution in [0.5, 0.6) is 0 Å². The molecule has 2 aromatic rings. The van der Waals surface area contributed by atoms with Crippen molar-refractivity contribution in [3.8, 4) is 0 Å². The average Bonchev–Trinajstić information content (AvgIpc) is 3.48. The van der Waals surface area contributed by atoms with Crippen LogP contribution in [0.3, 0.4) is 0 Å². The molecule has 27 heavy (non-hydrogen) atoms. The molecule has 2 unspecified atom stereocenters. The highest BCUT2D eigenvalue weighted by Crippen LogP contribution is 2.42. The Kier molecular flexibility index (Phi) is 4.52. The van der Waals surface area contributed by atoms with Gasteiger partial charge in [0.15, 0.2) is 5.78 Å². The van der Waals surface area contributed by atoms with Crippen LogP contribution in [0.15, 0.2) is 48.5 Å². The number of amides is 2. The van der Waals surface area contributed by atoms with Crippen molar-refractivity contribution in [1.82, 2.24) is 0 Å². The number of ketones is 1. The number of hydrogen-bond acceptors (Lipinski definition) is 3. The summed E-state index contributed by atoms with van der Waals surface area (Å²) in [5.74, 6) is -0.613. The summed E-state index contributed by atoms with van der Waals surface area (Å²) in [4.78, 5) is 38.6. The van der Waals surface area contributed by atoms with Crippen molar-refractivity contribution < 1.29 is 14.4 Å². The predicted molar refractivity (Wildman–Crippen MR) is 104 cm³/mol.